The van der Waals surface area contributed by atoms with Crippen LogP contribution in [0, 0.1) is 12.8 Å². The summed E-state index contributed by atoms with van der Waals surface area (Å²) in [5.41, 5.74) is 5.65. The summed E-state index contributed by atoms with van der Waals surface area (Å²) in [5, 5.41) is 2.88. The summed E-state index contributed by atoms with van der Waals surface area (Å²) >= 11 is 1.70. The molecule has 0 fully saturated rings. The highest BCUT2D eigenvalue weighted by molar-refractivity contribution is 7.11. The highest BCUT2D eigenvalue weighted by atomic mass is 32.1. The Balaban J connectivity index is 2.40. The highest BCUT2D eigenvalue weighted by Crippen LogP contribution is 2.14. The predicted octanol–water partition coefficient (Wildman–Crippen LogP) is 1.66. The number of thiophene rings is 1. The number of carbonyl (C=O) groups excluding carboxylic acids is 1. The Kier molecular flexibility index (Phi) is 4.29. The van der Waals surface area contributed by atoms with Crippen molar-refractivity contribution < 1.29 is 4.79 Å². The first kappa shape index (κ1) is 12.2. The van der Waals surface area contributed by atoms with Gasteiger partial charge in [-0.15, -0.1) is 11.3 Å². The number of hydrogen-bond donors (Lipinski definition) is 2. The largest absolute Gasteiger partial charge is 0.351 e. The van der Waals surface area contributed by atoms with Gasteiger partial charge < -0.3 is 11.1 Å². The van der Waals surface area contributed by atoms with Crippen LogP contribution in [0.25, 0.3) is 0 Å². The Morgan fingerprint density at radius 3 is 2.67 bits per heavy atom. The predicted molar refractivity (Wildman–Crippen MR) is 63.7 cm³/mol. The van der Waals surface area contributed by atoms with E-state index in [0.29, 0.717) is 6.54 Å². The lowest BCUT2D eigenvalue weighted by molar-refractivity contribution is -0.125. The molecule has 84 valence electrons. The second kappa shape index (κ2) is 5.28. The Bertz CT molecular complexity index is 333. The van der Waals surface area contributed by atoms with Crippen molar-refractivity contribution >= 4 is 17.2 Å². The standard InChI is InChI=1S/C11H18N2OS/c1-7-4-5-10(15-7)6-13-11(14)8(2)9(3)12/h4-5,8-9H,6,12H2,1-3H3,(H,13,14). The van der Waals surface area contributed by atoms with Crippen molar-refractivity contribution in [3.63, 3.8) is 0 Å². The minimum Gasteiger partial charge on any atom is -0.351 e. The van der Waals surface area contributed by atoms with E-state index >= 15 is 0 Å². The number of carbonyl (C=O) groups is 1. The van der Waals surface area contributed by atoms with Crippen LogP contribution >= 0.6 is 11.3 Å². The molecule has 0 aliphatic heterocycles. The molecular formula is C11H18N2OS. The molecule has 0 radical (unpaired) electrons. The summed E-state index contributed by atoms with van der Waals surface area (Å²) < 4.78 is 0. The molecule has 1 amide bonds. The molecule has 1 aromatic heterocycles. The molecule has 0 aliphatic carbocycles. The molecule has 3 N–H and O–H groups in total. The topological polar surface area (TPSA) is 55.1 Å². The summed E-state index contributed by atoms with van der Waals surface area (Å²) in [6.07, 6.45) is 0. The van der Waals surface area contributed by atoms with Gasteiger partial charge in [-0.05, 0) is 26.0 Å². The average molecular weight is 226 g/mol. The van der Waals surface area contributed by atoms with Gasteiger partial charge in [0.25, 0.3) is 0 Å². The maximum atomic E-state index is 11.6. The minimum atomic E-state index is -0.133. The van der Waals surface area contributed by atoms with Crippen molar-refractivity contribution in [3.8, 4) is 0 Å². The van der Waals surface area contributed by atoms with Gasteiger partial charge in [0.1, 0.15) is 0 Å². The van der Waals surface area contributed by atoms with Crippen LogP contribution < -0.4 is 11.1 Å². The van der Waals surface area contributed by atoms with Crippen molar-refractivity contribution in [2.24, 2.45) is 11.7 Å². The van der Waals surface area contributed by atoms with E-state index in [1.807, 2.05) is 19.9 Å². The zero-order chi connectivity index (χ0) is 11.4. The van der Waals surface area contributed by atoms with Gasteiger partial charge in [0.05, 0.1) is 6.54 Å². The molecular weight excluding hydrogens is 208 g/mol. The SMILES string of the molecule is Cc1ccc(CNC(=O)C(C)C(C)N)s1. The third-order valence-electron chi connectivity index (χ3n) is 2.44. The first-order valence-corrected chi connectivity index (χ1v) is 5.91. The normalized spacial score (nSPS) is 14.7. The van der Waals surface area contributed by atoms with Crippen LogP contribution in [0.15, 0.2) is 12.1 Å². The monoisotopic (exact) mass is 226 g/mol. The number of aryl methyl sites for hydroxylation is 1. The van der Waals surface area contributed by atoms with E-state index in [1.165, 1.54) is 9.75 Å². The van der Waals surface area contributed by atoms with Gasteiger partial charge in [-0.3, -0.25) is 4.79 Å². The van der Waals surface area contributed by atoms with E-state index in [4.69, 9.17) is 5.73 Å². The number of amides is 1. The molecule has 0 aromatic carbocycles. The van der Waals surface area contributed by atoms with Gasteiger partial charge in [0.2, 0.25) is 5.91 Å². The number of nitrogens with one attached hydrogen (secondary N) is 1. The second-order valence-corrected chi connectivity index (χ2v) is 5.25. The first-order chi connectivity index (χ1) is 7.00. The van der Waals surface area contributed by atoms with Crippen molar-refractivity contribution in [1.82, 2.24) is 5.32 Å². The van der Waals surface area contributed by atoms with Gasteiger partial charge in [0, 0.05) is 21.7 Å². The lowest BCUT2D eigenvalue weighted by atomic mass is 10.0. The quantitative estimate of drug-likeness (QED) is 0.820. The van der Waals surface area contributed by atoms with Crippen molar-refractivity contribution in [2.45, 2.75) is 33.4 Å². The van der Waals surface area contributed by atoms with E-state index in [0.717, 1.165) is 0 Å². The number of rotatable bonds is 4. The average Bonchev–Trinajstić information content (AvgIpc) is 2.59. The van der Waals surface area contributed by atoms with E-state index in [-0.39, 0.29) is 17.9 Å². The summed E-state index contributed by atoms with van der Waals surface area (Å²) in [6.45, 7) is 6.36. The molecule has 3 nitrogen and oxygen atoms in total. The number of hydrogen-bond acceptors (Lipinski definition) is 3. The highest BCUT2D eigenvalue weighted by Gasteiger charge is 2.16. The minimum absolute atomic E-state index is 0.0241. The van der Waals surface area contributed by atoms with Crippen molar-refractivity contribution in [2.75, 3.05) is 0 Å². The Morgan fingerprint density at radius 1 is 1.53 bits per heavy atom. The molecule has 4 heteroatoms. The van der Waals surface area contributed by atoms with Crippen molar-refractivity contribution in [1.29, 1.82) is 0 Å². The Hall–Kier alpha value is -0.870. The third-order valence-corrected chi connectivity index (χ3v) is 3.44. The molecule has 1 heterocycles. The van der Waals surface area contributed by atoms with Gasteiger partial charge in [0.15, 0.2) is 0 Å². The lowest BCUT2D eigenvalue weighted by Crippen LogP contribution is -2.38. The van der Waals surface area contributed by atoms with E-state index < -0.39 is 0 Å². The fourth-order valence-electron chi connectivity index (χ4n) is 1.15. The summed E-state index contributed by atoms with van der Waals surface area (Å²) in [5.74, 6) is -0.109. The first-order valence-electron chi connectivity index (χ1n) is 5.09. The molecule has 0 saturated heterocycles. The van der Waals surface area contributed by atoms with Crippen molar-refractivity contribution in [3.05, 3.63) is 21.9 Å². The van der Waals surface area contributed by atoms with E-state index in [2.05, 4.69) is 18.3 Å². The Labute approximate surface area is 94.7 Å². The summed E-state index contributed by atoms with van der Waals surface area (Å²) in [4.78, 5) is 14.0. The maximum absolute atomic E-state index is 11.6. The fourth-order valence-corrected chi connectivity index (χ4v) is 1.98. The zero-order valence-corrected chi connectivity index (χ0v) is 10.2. The second-order valence-electron chi connectivity index (χ2n) is 3.88. The molecule has 0 saturated carbocycles. The molecule has 0 aliphatic rings. The van der Waals surface area contributed by atoms with Crippen LogP contribution in [0.4, 0.5) is 0 Å². The zero-order valence-electron chi connectivity index (χ0n) is 9.41. The van der Waals surface area contributed by atoms with Crippen LogP contribution in [0.3, 0.4) is 0 Å². The summed E-state index contributed by atoms with van der Waals surface area (Å²) in [6, 6.07) is 3.99. The summed E-state index contributed by atoms with van der Waals surface area (Å²) in [7, 11) is 0. The molecule has 0 bridgehead atoms. The maximum Gasteiger partial charge on any atom is 0.224 e. The molecule has 2 atom stereocenters. The van der Waals surface area contributed by atoms with E-state index in [1.54, 1.807) is 11.3 Å². The lowest BCUT2D eigenvalue weighted by Gasteiger charge is -2.14. The molecule has 1 aromatic rings. The number of nitrogens with two attached hydrogens (primary N) is 1. The van der Waals surface area contributed by atoms with Crippen LogP contribution in [0.1, 0.15) is 23.6 Å². The van der Waals surface area contributed by atoms with Crippen LogP contribution in [-0.4, -0.2) is 11.9 Å². The molecule has 0 spiro atoms. The Morgan fingerprint density at radius 2 is 2.20 bits per heavy atom. The van der Waals surface area contributed by atoms with Gasteiger partial charge >= 0.3 is 0 Å². The third kappa shape index (κ3) is 3.64. The molecule has 1 rings (SSSR count). The smallest absolute Gasteiger partial charge is 0.224 e. The van der Waals surface area contributed by atoms with Crippen LogP contribution in [0.5, 0.6) is 0 Å². The van der Waals surface area contributed by atoms with Crippen LogP contribution in [0.2, 0.25) is 0 Å². The van der Waals surface area contributed by atoms with Gasteiger partial charge in [-0.1, -0.05) is 6.92 Å². The van der Waals surface area contributed by atoms with E-state index in [9.17, 15) is 4.79 Å². The fraction of sp³-hybridized carbons (Fsp3) is 0.545. The molecule has 15 heavy (non-hydrogen) atoms. The van der Waals surface area contributed by atoms with Crippen LogP contribution in [-0.2, 0) is 11.3 Å². The van der Waals surface area contributed by atoms with Gasteiger partial charge in [-0.2, -0.15) is 0 Å². The molecule has 2 unspecified atom stereocenters. The van der Waals surface area contributed by atoms with Gasteiger partial charge in [-0.25, -0.2) is 0 Å².